The molecule has 1 aliphatic carbocycles. The van der Waals surface area contributed by atoms with Gasteiger partial charge < -0.3 is 4.57 Å². The molecule has 0 spiro atoms. The molecule has 3 rings (SSSR count). The molecule has 1 amide bonds. The van der Waals surface area contributed by atoms with E-state index < -0.39 is 0 Å². The van der Waals surface area contributed by atoms with Crippen molar-refractivity contribution in [2.24, 2.45) is 11.8 Å². The lowest BCUT2D eigenvalue weighted by Crippen LogP contribution is -2.38. The molecule has 21 heavy (non-hydrogen) atoms. The van der Waals surface area contributed by atoms with Gasteiger partial charge in [-0.15, -0.1) is 0 Å². The second-order valence-electron chi connectivity index (χ2n) is 6.05. The van der Waals surface area contributed by atoms with E-state index >= 15 is 0 Å². The van der Waals surface area contributed by atoms with Crippen LogP contribution < -0.4 is 11.3 Å². The van der Waals surface area contributed by atoms with Gasteiger partial charge in [-0.1, -0.05) is 18.6 Å². The molecule has 0 radical (unpaired) electrons. The highest BCUT2D eigenvalue weighted by Crippen LogP contribution is 2.35. The standard InChI is InChI=1S/C17H23N3O/c1-3-8-20-15-6-4-11(2)9-13(15)14-10-12(17(21)19-18)5-7-16(14)20/h4,6,9,12H,3,5,7-8,10,18H2,1-2H3,(H,19,21). The molecule has 2 aromatic rings. The second kappa shape index (κ2) is 5.53. The van der Waals surface area contributed by atoms with Crippen LogP contribution in [0.3, 0.4) is 0 Å². The summed E-state index contributed by atoms with van der Waals surface area (Å²) in [5.74, 6) is 5.27. The Morgan fingerprint density at radius 2 is 2.29 bits per heavy atom. The van der Waals surface area contributed by atoms with Gasteiger partial charge in [-0.05, 0) is 50.3 Å². The Morgan fingerprint density at radius 3 is 3.00 bits per heavy atom. The average molecular weight is 285 g/mol. The molecule has 0 aliphatic heterocycles. The molecule has 1 aliphatic rings. The molecule has 4 nitrogen and oxygen atoms in total. The number of hydrogen-bond acceptors (Lipinski definition) is 2. The van der Waals surface area contributed by atoms with Gasteiger partial charge in [0, 0.05) is 29.1 Å². The van der Waals surface area contributed by atoms with Crippen LogP contribution in [0.25, 0.3) is 10.9 Å². The number of rotatable bonds is 3. The molecular weight excluding hydrogens is 262 g/mol. The van der Waals surface area contributed by atoms with Crippen LogP contribution in [0.1, 0.15) is 36.6 Å². The number of nitrogens with one attached hydrogen (secondary N) is 1. The quantitative estimate of drug-likeness (QED) is 0.517. The van der Waals surface area contributed by atoms with Crippen molar-refractivity contribution in [3.63, 3.8) is 0 Å². The molecule has 1 aromatic carbocycles. The summed E-state index contributed by atoms with van der Waals surface area (Å²) in [5.41, 5.74) is 7.65. The lowest BCUT2D eigenvalue weighted by Gasteiger charge is -2.22. The average Bonchev–Trinajstić information content (AvgIpc) is 2.80. The number of nitrogens with zero attached hydrogens (tertiary/aromatic N) is 1. The fourth-order valence-corrected chi connectivity index (χ4v) is 3.58. The molecule has 1 atom stereocenters. The number of nitrogens with two attached hydrogens (primary N) is 1. The van der Waals surface area contributed by atoms with Crippen molar-refractivity contribution in [1.29, 1.82) is 0 Å². The Balaban J connectivity index is 2.13. The number of hydrazine groups is 1. The topological polar surface area (TPSA) is 60.0 Å². The number of aromatic nitrogens is 1. The summed E-state index contributed by atoms with van der Waals surface area (Å²) >= 11 is 0. The second-order valence-corrected chi connectivity index (χ2v) is 6.05. The highest BCUT2D eigenvalue weighted by molar-refractivity contribution is 5.88. The Hall–Kier alpha value is -1.81. The highest BCUT2D eigenvalue weighted by atomic mass is 16.2. The van der Waals surface area contributed by atoms with E-state index in [2.05, 4.69) is 42.0 Å². The molecule has 0 saturated carbocycles. The zero-order valence-electron chi connectivity index (χ0n) is 12.8. The Morgan fingerprint density at radius 1 is 1.48 bits per heavy atom. The predicted octanol–water partition coefficient (Wildman–Crippen LogP) is 2.45. The van der Waals surface area contributed by atoms with Crippen LogP contribution in [0.2, 0.25) is 0 Å². The van der Waals surface area contributed by atoms with E-state index in [1.165, 1.54) is 27.7 Å². The van der Waals surface area contributed by atoms with Gasteiger partial charge in [0.2, 0.25) is 5.91 Å². The SMILES string of the molecule is CCCn1c2c(c3cc(C)ccc31)CC(C(=O)NN)CC2. The molecule has 1 unspecified atom stereocenters. The number of fused-ring (bicyclic) bond motifs is 3. The van der Waals surface area contributed by atoms with Gasteiger partial charge in [-0.3, -0.25) is 10.2 Å². The third-order valence-corrected chi connectivity index (χ3v) is 4.58. The van der Waals surface area contributed by atoms with E-state index in [1.807, 2.05) is 0 Å². The minimum atomic E-state index is -0.0373. The number of benzene rings is 1. The maximum atomic E-state index is 11.9. The van der Waals surface area contributed by atoms with Crippen molar-refractivity contribution >= 4 is 16.8 Å². The van der Waals surface area contributed by atoms with Gasteiger partial charge in [0.15, 0.2) is 0 Å². The lowest BCUT2D eigenvalue weighted by molar-refractivity contribution is -0.125. The van der Waals surface area contributed by atoms with Crippen LogP contribution in [0.4, 0.5) is 0 Å². The van der Waals surface area contributed by atoms with Gasteiger partial charge >= 0.3 is 0 Å². The minimum Gasteiger partial charge on any atom is -0.344 e. The summed E-state index contributed by atoms with van der Waals surface area (Å²) in [4.78, 5) is 11.9. The maximum Gasteiger partial charge on any atom is 0.237 e. The molecule has 0 saturated heterocycles. The smallest absolute Gasteiger partial charge is 0.237 e. The first-order chi connectivity index (χ1) is 10.2. The van der Waals surface area contributed by atoms with Crippen LogP contribution in [-0.2, 0) is 24.2 Å². The normalized spacial score (nSPS) is 17.8. The summed E-state index contributed by atoms with van der Waals surface area (Å²) in [5, 5.41) is 1.31. The molecule has 3 N–H and O–H groups in total. The third kappa shape index (κ3) is 2.33. The van der Waals surface area contributed by atoms with Crippen molar-refractivity contribution < 1.29 is 4.79 Å². The monoisotopic (exact) mass is 285 g/mol. The van der Waals surface area contributed by atoms with Crippen LogP contribution in [0.5, 0.6) is 0 Å². The maximum absolute atomic E-state index is 11.9. The largest absolute Gasteiger partial charge is 0.344 e. The zero-order valence-corrected chi connectivity index (χ0v) is 12.8. The third-order valence-electron chi connectivity index (χ3n) is 4.58. The first-order valence-corrected chi connectivity index (χ1v) is 7.76. The van der Waals surface area contributed by atoms with Crippen LogP contribution in [-0.4, -0.2) is 10.5 Å². The summed E-state index contributed by atoms with van der Waals surface area (Å²) in [6, 6.07) is 6.64. The minimum absolute atomic E-state index is 0.00342. The van der Waals surface area contributed by atoms with Crippen molar-refractivity contribution in [2.75, 3.05) is 0 Å². The van der Waals surface area contributed by atoms with E-state index in [-0.39, 0.29) is 11.8 Å². The Kier molecular flexibility index (Phi) is 3.72. The number of amides is 1. The van der Waals surface area contributed by atoms with Gasteiger partial charge in [0.05, 0.1) is 0 Å². The number of hydrogen-bond donors (Lipinski definition) is 2. The molecule has 1 aromatic heterocycles. The van der Waals surface area contributed by atoms with Crippen molar-refractivity contribution in [3.05, 3.63) is 35.0 Å². The molecule has 0 fully saturated rings. The van der Waals surface area contributed by atoms with Crippen molar-refractivity contribution in [2.45, 2.75) is 46.1 Å². The molecule has 112 valence electrons. The van der Waals surface area contributed by atoms with Gasteiger partial charge in [-0.25, -0.2) is 5.84 Å². The number of carbonyl (C=O) groups excluding carboxylic acids is 1. The molecule has 4 heteroatoms. The van der Waals surface area contributed by atoms with Crippen LogP contribution >= 0.6 is 0 Å². The predicted molar refractivity (Wildman–Crippen MR) is 84.8 cm³/mol. The van der Waals surface area contributed by atoms with E-state index in [0.717, 1.165) is 32.2 Å². The summed E-state index contributed by atoms with van der Waals surface area (Å²) in [6.45, 7) is 5.37. The van der Waals surface area contributed by atoms with Crippen molar-refractivity contribution in [3.8, 4) is 0 Å². The fraction of sp³-hybridized carbons (Fsp3) is 0.471. The first-order valence-electron chi connectivity index (χ1n) is 7.76. The summed E-state index contributed by atoms with van der Waals surface area (Å²) in [6.07, 6.45) is 3.77. The van der Waals surface area contributed by atoms with E-state index in [4.69, 9.17) is 5.84 Å². The molecule has 1 heterocycles. The van der Waals surface area contributed by atoms with Crippen LogP contribution in [0.15, 0.2) is 18.2 Å². The van der Waals surface area contributed by atoms with E-state index in [0.29, 0.717) is 0 Å². The molecular formula is C17H23N3O. The summed E-state index contributed by atoms with van der Waals surface area (Å²) in [7, 11) is 0. The fourth-order valence-electron chi connectivity index (χ4n) is 3.58. The molecule has 0 bridgehead atoms. The highest BCUT2D eigenvalue weighted by Gasteiger charge is 2.28. The number of aryl methyl sites for hydroxylation is 2. The van der Waals surface area contributed by atoms with Gasteiger partial charge in [0.1, 0.15) is 0 Å². The van der Waals surface area contributed by atoms with Gasteiger partial charge in [0.25, 0.3) is 0 Å². The van der Waals surface area contributed by atoms with Crippen molar-refractivity contribution in [1.82, 2.24) is 9.99 Å². The van der Waals surface area contributed by atoms with Crippen LogP contribution in [0, 0.1) is 12.8 Å². The number of carbonyl (C=O) groups is 1. The van der Waals surface area contributed by atoms with Gasteiger partial charge in [-0.2, -0.15) is 0 Å². The first kappa shape index (κ1) is 14.1. The summed E-state index contributed by atoms with van der Waals surface area (Å²) < 4.78 is 2.45. The van der Waals surface area contributed by atoms with E-state index in [9.17, 15) is 4.79 Å². The Bertz CT molecular complexity index is 687. The lowest BCUT2D eigenvalue weighted by atomic mass is 9.85. The zero-order chi connectivity index (χ0) is 15.0. The van der Waals surface area contributed by atoms with E-state index in [1.54, 1.807) is 0 Å². The Labute approximate surface area is 125 Å².